The van der Waals surface area contributed by atoms with Crippen LogP contribution in [-0.4, -0.2) is 47.8 Å². The molecule has 1 unspecified atom stereocenters. The first-order valence-electron chi connectivity index (χ1n) is 7.92. The average Bonchev–Trinajstić information content (AvgIpc) is 2.59. The minimum atomic E-state index is -0.941. The molecule has 1 saturated heterocycles. The Kier molecular flexibility index (Phi) is 4.97. The van der Waals surface area contributed by atoms with E-state index in [4.69, 9.17) is 0 Å². The maximum absolute atomic E-state index is 13.3. The number of aromatic hydroxyl groups is 1. The number of anilines is 1. The number of nitrogens with zero attached hydrogens (tertiary/aromatic N) is 2. The van der Waals surface area contributed by atoms with Crippen LogP contribution in [0.2, 0.25) is 0 Å². The largest absolute Gasteiger partial charge is 0.508 e. The van der Waals surface area contributed by atoms with Gasteiger partial charge in [0.05, 0.1) is 6.10 Å². The Morgan fingerprint density at radius 2 is 1.58 bits per heavy atom. The van der Waals surface area contributed by atoms with E-state index >= 15 is 0 Å². The summed E-state index contributed by atoms with van der Waals surface area (Å²) in [5.41, 5.74) is 1.43. The van der Waals surface area contributed by atoms with E-state index in [1.54, 1.807) is 12.1 Å². The molecule has 0 bridgehead atoms. The maximum Gasteiger partial charge on any atom is 0.159 e. The normalized spacial score (nSPS) is 17.0. The smallest absolute Gasteiger partial charge is 0.159 e. The van der Waals surface area contributed by atoms with Crippen LogP contribution < -0.4 is 4.90 Å². The number of hydrogen-bond donors (Lipinski definition) is 2. The number of aliphatic hydroxyl groups is 1. The Balaban J connectivity index is 1.54. The van der Waals surface area contributed by atoms with Gasteiger partial charge in [-0.05, 0) is 42.0 Å². The van der Waals surface area contributed by atoms with Gasteiger partial charge in [0.25, 0.3) is 0 Å². The first-order valence-corrected chi connectivity index (χ1v) is 7.92. The third-order valence-corrected chi connectivity index (χ3v) is 4.35. The van der Waals surface area contributed by atoms with E-state index in [0.29, 0.717) is 12.1 Å². The van der Waals surface area contributed by atoms with Gasteiger partial charge in [0.1, 0.15) is 5.75 Å². The number of benzene rings is 2. The molecule has 0 spiro atoms. The van der Waals surface area contributed by atoms with Crippen LogP contribution >= 0.6 is 0 Å². The van der Waals surface area contributed by atoms with Crippen LogP contribution in [0.1, 0.15) is 11.7 Å². The quantitative estimate of drug-likeness (QED) is 0.902. The number of rotatable bonds is 4. The lowest BCUT2D eigenvalue weighted by Gasteiger charge is -2.37. The molecule has 0 aliphatic carbocycles. The number of halogens is 2. The van der Waals surface area contributed by atoms with Gasteiger partial charge in [0.2, 0.25) is 0 Å². The van der Waals surface area contributed by atoms with E-state index < -0.39 is 17.7 Å². The highest BCUT2D eigenvalue weighted by atomic mass is 19.2. The van der Waals surface area contributed by atoms with Crippen molar-refractivity contribution in [2.75, 3.05) is 37.6 Å². The Morgan fingerprint density at radius 3 is 2.21 bits per heavy atom. The summed E-state index contributed by atoms with van der Waals surface area (Å²) >= 11 is 0. The third-order valence-electron chi connectivity index (χ3n) is 4.35. The van der Waals surface area contributed by atoms with Crippen molar-refractivity contribution in [3.8, 4) is 5.75 Å². The molecule has 128 valence electrons. The molecule has 1 aliphatic heterocycles. The second-order valence-corrected chi connectivity index (χ2v) is 5.99. The number of β-amino-alcohol motifs (C(OH)–C–C–N with tert-alkyl or cyclic N) is 1. The van der Waals surface area contributed by atoms with Crippen molar-refractivity contribution in [2.45, 2.75) is 6.10 Å². The molecule has 0 amide bonds. The highest BCUT2D eigenvalue weighted by Gasteiger charge is 2.20. The summed E-state index contributed by atoms with van der Waals surface area (Å²) < 4.78 is 26.2. The number of aliphatic hydroxyl groups excluding tert-OH is 1. The van der Waals surface area contributed by atoms with Crippen molar-refractivity contribution in [1.29, 1.82) is 0 Å². The molecule has 1 fully saturated rings. The summed E-state index contributed by atoms with van der Waals surface area (Å²) in [6.45, 7) is 3.52. The van der Waals surface area contributed by atoms with Gasteiger partial charge in [-0.15, -0.1) is 0 Å². The summed E-state index contributed by atoms with van der Waals surface area (Å²) in [4.78, 5) is 4.31. The highest BCUT2D eigenvalue weighted by molar-refractivity contribution is 5.49. The summed E-state index contributed by atoms with van der Waals surface area (Å²) in [6.07, 6.45) is -0.847. The van der Waals surface area contributed by atoms with Crippen LogP contribution in [0.25, 0.3) is 0 Å². The number of hydrogen-bond acceptors (Lipinski definition) is 4. The Morgan fingerprint density at radius 1 is 0.917 bits per heavy atom. The van der Waals surface area contributed by atoms with E-state index in [0.717, 1.165) is 44.0 Å². The van der Waals surface area contributed by atoms with E-state index in [2.05, 4.69) is 9.80 Å². The van der Waals surface area contributed by atoms with Crippen LogP contribution in [0, 0.1) is 11.6 Å². The summed E-state index contributed by atoms with van der Waals surface area (Å²) in [5.74, 6) is -1.61. The third kappa shape index (κ3) is 3.83. The summed E-state index contributed by atoms with van der Waals surface area (Å²) in [5, 5.41) is 19.6. The molecule has 1 aliphatic rings. The molecule has 2 aromatic carbocycles. The SMILES string of the molecule is Oc1ccc(N2CCN(CC(O)c3ccc(F)c(F)c3)CC2)cc1. The van der Waals surface area contributed by atoms with Crippen molar-refractivity contribution in [3.63, 3.8) is 0 Å². The lowest BCUT2D eigenvalue weighted by molar-refractivity contribution is 0.109. The topological polar surface area (TPSA) is 46.9 Å². The van der Waals surface area contributed by atoms with Gasteiger partial charge in [-0.3, -0.25) is 4.90 Å². The second-order valence-electron chi connectivity index (χ2n) is 5.99. The molecule has 24 heavy (non-hydrogen) atoms. The van der Waals surface area contributed by atoms with E-state index in [9.17, 15) is 19.0 Å². The van der Waals surface area contributed by atoms with Crippen LogP contribution in [0.5, 0.6) is 5.75 Å². The molecule has 2 aromatic rings. The van der Waals surface area contributed by atoms with Crippen LogP contribution in [0.3, 0.4) is 0 Å². The van der Waals surface area contributed by atoms with Crippen LogP contribution in [0.15, 0.2) is 42.5 Å². The molecular formula is C18H20F2N2O2. The molecule has 1 heterocycles. The van der Waals surface area contributed by atoms with Crippen LogP contribution in [-0.2, 0) is 0 Å². The van der Waals surface area contributed by atoms with Crippen molar-refractivity contribution in [1.82, 2.24) is 4.90 Å². The number of phenolic OH excluding ortho intramolecular Hbond substituents is 1. The maximum atomic E-state index is 13.3. The number of piperazine rings is 1. The fraction of sp³-hybridized carbons (Fsp3) is 0.333. The van der Waals surface area contributed by atoms with Gasteiger partial charge in [0, 0.05) is 38.4 Å². The zero-order valence-electron chi connectivity index (χ0n) is 13.2. The van der Waals surface area contributed by atoms with Gasteiger partial charge < -0.3 is 15.1 Å². The molecule has 0 aromatic heterocycles. The molecule has 3 rings (SSSR count). The molecular weight excluding hydrogens is 314 g/mol. The fourth-order valence-electron chi connectivity index (χ4n) is 2.92. The van der Waals surface area contributed by atoms with E-state index in [-0.39, 0.29) is 5.75 Å². The summed E-state index contributed by atoms with van der Waals surface area (Å²) in [7, 11) is 0. The minimum Gasteiger partial charge on any atom is -0.508 e. The van der Waals surface area contributed by atoms with Gasteiger partial charge in [-0.2, -0.15) is 0 Å². The van der Waals surface area contributed by atoms with Gasteiger partial charge in [-0.1, -0.05) is 6.07 Å². The standard InChI is InChI=1S/C18H20F2N2O2/c19-16-6-1-13(11-17(16)20)18(24)12-21-7-9-22(10-8-21)14-2-4-15(23)5-3-14/h1-6,11,18,23-24H,7-10,12H2. The second kappa shape index (κ2) is 7.15. The van der Waals surface area contributed by atoms with Crippen molar-refractivity contribution in [3.05, 3.63) is 59.7 Å². The lowest BCUT2D eigenvalue weighted by Crippen LogP contribution is -2.47. The minimum absolute atomic E-state index is 0.243. The predicted octanol–water partition coefficient (Wildman–Crippen LogP) is 2.53. The van der Waals surface area contributed by atoms with E-state index in [1.807, 2.05) is 12.1 Å². The monoisotopic (exact) mass is 334 g/mol. The Bertz CT molecular complexity index is 686. The summed E-state index contributed by atoms with van der Waals surface area (Å²) in [6, 6.07) is 10.6. The van der Waals surface area contributed by atoms with Gasteiger partial charge in [-0.25, -0.2) is 8.78 Å². The Labute approximate surface area is 139 Å². The number of phenols is 1. The van der Waals surface area contributed by atoms with Gasteiger partial charge >= 0.3 is 0 Å². The molecule has 0 radical (unpaired) electrons. The van der Waals surface area contributed by atoms with Gasteiger partial charge in [0.15, 0.2) is 11.6 Å². The average molecular weight is 334 g/mol. The molecule has 2 N–H and O–H groups in total. The first kappa shape index (κ1) is 16.7. The van der Waals surface area contributed by atoms with E-state index in [1.165, 1.54) is 6.07 Å². The highest BCUT2D eigenvalue weighted by Crippen LogP contribution is 2.21. The van der Waals surface area contributed by atoms with Crippen molar-refractivity contribution in [2.24, 2.45) is 0 Å². The molecule has 0 saturated carbocycles. The van der Waals surface area contributed by atoms with Crippen LogP contribution in [0.4, 0.5) is 14.5 Å². The zero-order chi connectivity index (χ0) is 17.1. The van der Waals surface area contributed by atoms with Crippen molar-refractivity contribution < 1.29 is 19.0 Å². The molecule has 4 nitrogen and oxygen atoms in total. The molecule has 6 heteroatoms. The van der Waals surface area contributed by atoms with Crippen molar-refractivity contribution >= 4 is 5.69 Å². The Hall–Kier alpha value is -2.18. The fourth-order valence-corrected chi connectivity index (χ4v) is 2.92. The predicted molar refractivity (Wildman–Crippen MR) is 88.1 cm³/mol. The zero-order valence-corrected chi connectivity index (χ0v) is 13.2. The molecule has 1 atom stereocenters. The lowest BCUT2D eigenvalue weighted by atomic mass is 10.1. The first-order chi connectivity index (χ1) is 11.5.